The lowest BCUT2D eigenvalue weighted by Crippen LogP contribution is -2.13. The SMILES string of the molecule is CCOC(=O)Cn1cc(-c2nc(Nc3cc(C)ns3)ncc2Cl)cn1. The van der Waals surface area contributed by atoms with Crippen LogP contribution in [0.3, 0.4) is 0 Å². The molecule has 3 aromatic heterocycles. The molecule has 10 heteroatoms. The second kappa shape index (κ2) is 7.58. The number of aryl methyl sites for hydroxylation is 1. The number of carbonyl (C=O) groups excluding carboxylic acids is 1. The molecule has 25 heavy (non-hydrogen) atoms. The van der Waals surface area contributed by atoms with Crippen LogP contribution < -0.4 is 5.32 Å². The topological polar surface area (TPSA) is 94.8 Å². The molecule has 0 radical (unpaired) electrons. The van der Waals surface area contributed by atoms with Gasteiger partial charge in [0.1, 0.15) is 11.5 Å². The Balaban J connectivity index is 1.80. The number of nitrogens with one attached hydrogen (secondary N) is 1. The van der Waals surface area contributed by atoms with Crippen molar-refractivity contribution in [2.24, 2.45) is 0 Å². The molecular weight excluding hydrogens is 364 g/mol. The highest BCUT2D eigenvalue weighted by Crippen LogP contribution is 2.27. The summed E-state index contributed by atoms with van der Waals surface area (Å²) >= 11 is 7.54. The zero-order valence-corrected chi connectivity index (χ0v) is 15.1. The maximum absolute atomic E-state index is 11.5. The van der Waals surface area contributed by atoms with Gasteiger partial charge in [0.15, 0.2) is 0 Å². The van der Waals surface area contributed by atoms with Crippen LogP contribution in [0.1, 0.15) is 12.6 Å². The van der Waals surface area contributed by atoms with Gasteiger partial charge in [-0.05, 0) is 31.4 Å². The molecule has 0 amide bonds. The second-order valence-corrected chi connectivity index (χ2v) is 6.29. The maximum atomic E-state index is 11.5. The number of rotatable bonds is 6. The standard InChI is InChI=1S/C15H15ClN6O2S/c1-3-24-13(23)8-22-7-10(5-18-22)14-11(16)6-17-15(20-14)19-12-4-9(2)21-25-12/h4-7H,3,8H2,1-2H3,(H,17,19,20). The summed E-state index contributed by atoms with van der Waals surface area (Å²) < 4.78 is 10.6. The minimum absolute atomic E-state index is 0.0296. The molecule has 3 heterocycles. The number of anilines is 2. The van der Waals surface area contributed by atoms with Gasteiger partial charge in [-0.1, -0.05) is 11.6 Å². The summed E-state index contributed by atoms with van der Waals surface area (Å²) in [7, 11) is 0. The lowest BCUT2D eigenvalue weighted by molar-refractivity contribution is -0.144. The summed E-state index contributed by atoms with van der Waals surface area (Å²) in [5.74, 6) is 0.0510. The molecule has 1 N–H and O–H groups in total. The Morgan fingerprint density at radius 3 is 3.00 bits per heavy atom. The summed E-state index contributed by atoms with van der Waals surface area (Å²) in [5, 5.41) is 8.46. The molecule has 0 atom stereocenters. The van der Waals surface area contributed by atoms with E-state index in [1.807, 2.05) is 13.0 Å². The number of hydrogen-bond donors (Lipinski definition) is 1. The number of ether oxygens (including phenoxy) is 1. The van der Waals surface area contributed by atoms with E-state index in [4.69, 9.17) is 16.3 Å². The summed E-state index contributed by atoms with van der Waals surface area (Å²) in [4.78, 5) is 20.1. The van der Waals surface area contributed by atoms with E-state index in [-0.39, 0.29) is 12.5 Å². The molecule has 0 aromatic carbocycles. The summed E-state index contributed by atoms with van der Waals surface area (Å²) in [6.07, 6.45) is 4.79. The molecule has 0 saturated carbocycles. The van der Waals surface area contributed by atoms with E-state index in [2.05, 4.69) is 24.8 Å². The fourth-order valence-corrected chi connectivity index (χ4v) is 2.93. The van der Waals surface area contributed by atoms with Crippen LogP contribution in [-0.4, -0.2) is 36.7 Å². The highest BCUT2D eigenvalue weighted by atomic mass is 35.5. The molecular formula is C15H15ClN6O2S. The minimum Gasteiger partial charge on any atom is -0.465 e. The first-order chi connectivity index (χ1) is 12.0. The molecule has 0 fully saturated rings. The Hall–Kier alpha value is -2.52. The normalized spacial score (nSPS) is 10.7. The number of hydrogen-bond acceptors (Lipinski definition) is 8. The number of esters is 1. The van der Waals surface area contributed by atoms with Crippen LogP contribution in [0.4, 0.5) is 10.9 Å². The molecule has 0 unspecified atom stereocenters. The van der Waals surface area contributed by atoms with Gasteiger partial charge in [-0.25, -0.2) is 9.97 Å². The van der Waals surface area contributed by atoms with E-state index in [0.29, 0.717) is 28.8 Å². The van der Waals surface area contributed by atoms with Crippen LogP contribution in [0.15, 0.2) is 24.7 Å². The van der Waals surface area contributed by atoms with E-state index in [1.165, 1.54) is 22.4 Å². The fourth-order valence-electron chi connectivity index (χ4n) is 2.07. The van der Waals surface area contributed by atoms with Crippen molar-refractivity contribution < 1.29 is 9.53 Å². The Labute approximate surface area is 153 Å². The first kappa shape index (κ1) is 17.3. The van der Waals surface area contributed by atoms with E-state index < -0.39 is 0 Å². The molecule has 0 aliphatic rings. The molecule has 3 aromatic rings. The lowest BCUT2D eigenvalue weighted by atomic mass is 10.2. The quantitative estimate of drug-likeness (QED) is 0.658. The third kappa shape index (κ3) is 4.31. The van der Waals surface area contributed by atoms with Crippen LogP contribution in [0, 0.1) is 6.92 Å². The van der Waals surface area contributed by atoms with Gasteiger partial charge in [0.25, 0.3) is 0 Å². The average molecular weight is 379 g/mol. The van der Waals surface area contributed by atoms with Crippen LogP contribution >= 0.6 is 23.1 Å². The number of carbonyl (C=O) groups is 1. The van der Waals surface area contributed by atoms with E-state index in [1.54, 1.807) is 19.3 Å². The Bertz CT molecular complexity index is 894. The highest BCUT2D eigenvalue weighted by molar-refractivity contribution is 7.10. The van der Waals surface area contributed by atoms with Gasteiger partial charge in [0, 0.05) is 11.8 Å². The number of halogens is 1. The number of nitrogens with zero attached hydrogens (tertiary/aromatic N) is 5. The van der Waals surface area contributed by atoms with Crippen molar-refractivity contribution in [3.05, 3.63) is 35.4 Å². The molecule has 0 spiro atoms. The molecule has 0 saturated heterocycles. The van der Waals surface area contributed by atoms with Gasteiger partial charge >= 0.3 is 5.97 Å². The molecule has 0 aliphatic heterocycles. The first-order valence-electron chi connectivity index (χ1n) is 7.46. The van der Waals surface area contributed by atoms with Gasteiger partial charge in [-0.2, -0.15) is 9.47 Å². The van der Waals surface area contributed by atoms with E-state index in [9.17, 15) is 4.79 Å². The third-order valence-corrected chi connectivity index (χ3v) is 4.18. The predicted octanol–water partition coefficient (Wildman–Crippen LogP) is 3.07. The van der Waals surface area contributed by atoms with Crippen LogP contribution in [0.2, 0.25) is 5.02 Å². The van der Waals surface area contributed by atoms with Crippen molar-refractivity contribution >= 4 is 40.1 Å². The Morgan fingerprint density at radius 2 is 2.28 bits per heavy atom. The Morgan fingerprint density at radius 1 is 1.44 bits per heavy atom. The van der Waals surface area contributed by atoms with Crippen molar-refractivity contribution in [3.8, 4) is 11.3 Å². The van der Waals surface area contributed by atoms with Crippen molar-refractivity contribution in [2.45, 2.75) is 20.4 Å². The molecule has 3 rings (SSSR count). The highest BCUT2D eigenvalue weighted by Gasteiger charge is 2.13. The predicted molar refractivity (Wildman–Crippen MR) is 95.0 cm³/mol. The molecule has 0 aliphatic carbocycles. The Kier molecular flexibility index (Phi) is 5.25. The monoisotopic (exact) mass is 378 g/mol. The number of aromatic nitrogens is 5. The van der Waals surface area contributed by atoms with Crippen molar-refractivity contribution in [1.82, 2.24) is 24.1 Å². The van der Waals surface area contributed by atoms with Crippen LogP contribution in [0.25, 0.3) is 11.3 Å². The fraction of sp³-hybridized carbons (Fsp3) is 0.267. The minimum atomic E-state index is -0.353. The van der Waals surface area contributed by atoms with Gasteiger partial charge < -0.3 is 10.1 Å². The first-order valence-corrected chi connectivity index (χ1v) is 8.61. The zero-order valence-electron chi connectivity index (χ0n) is 13.6. The third-order valence-electron chi connectivity index (χ3n) is 3.11. The summed E-state index contributed by atoms with van der Waals surface area (Å²) in [6, 6.07) is 1.90. The summed E-state index contributed by atoms with van der Waals surface area (Å²) in [6.45, 7) is 4.03. The van der Waals surface area contributed by atoms with Gasteiger partial charge in [-0.3, -0.25) is 9.48 Å². The van der Waals surface area contributed by atoms with E-state index in [0.717, 1.165) is 10.7 Å². The maximum Gasteiger partial charge on any atom is 0.327 e. The average Bonchev–Trinajstić information content (AvgIpc) is 3.19. The van der Waals surface area contributed by atoms with Crippen LogP contribution in [0.5, 0.6) is 0 Å². The zero-order chi connectivity index (χ0) is 17.8. The second-order valence-electron chi connectivity index (χ2n) is 5.08. The molecule has 130 valence electrons. The van der Waals surface area contributed by atoms with Crippen molar-refractivity contribution in [1.29, 1.82) is 0 Å². The smallest absolute Gasteiger partial charge is 0.327 e. The van der Waals surface area contributed by atoms with Crippen LogP contribution in [-0.2, 0) is 16.1 Å². The lowest BCUT2D eigenvalue weighted by Gasteiger charge is -2.05. The largest absolute Gasteiger partial charge is 0.465 e. The van der Waals surface area contributed by atoms with Gasteiger partial charge in [0.05, 0.1) is 35.4 Å². The van der Waals surface area contributed by atoms with Crippen molar-refractivity contribution in [2.75, 3.05) is 11.9 Å². The van der Waals surface area contributed by atoms with Crippen molar-refractivity contribution in [3.63, 3.8) is 0 Å². The molecule has 0 bridgehead atoms. The van der Waals surface area contributed by atoms with Gasteiger partial charge in [0.2, 0.25) is 5.95 Å². The summed E-state index contributed by atoms with van der Waals surface area (Å²) in [5.41, 5.74) is 2.12. The molecule has 8 nitrogen and oxygen atoms in total. The van der Waals surface area contributed by atoms with Gasteiger partial charge in [-0.15, -0.1) is 0 Å². The van der Waals surface area contributed by atoms with E-state index >= 15 is 0 Å².